The van der Waals surface area contributed by atoms with Gasteiger partial charge < -0.3 is 20.7 Å². The third-order valence-electron chi connectivity index (χ3n) is 5.15. The molecular formula is C23H38FN5O2. The number of hydrogen-bond acceptors (Lipinski definition) is 4. The molecule has 1 aliphatic rings. The molecule has 1 amide bonds. The maximum Gasteiger partial charge on any atom is 0.407 e. The Morgan fingerprint density at radius 3 is 2.48 bits per heavy atom. The summed E-state index contributed by atoms with van der Waals surface area (Å²) in [7, 11) is 1.76. The van der Waals surface area contributed by atoms with Crippen molar-refractivity contribution in [3.63, 3.8) is 0 Å². The van der Waals surface area contributed by atoms with E-state index in [1.165, 1.54) is 6.07 Å². The molecule has 1 saturated heterocycles. The van der Waals surface area contributed by atoms with Crippen LogP contribution in [0.4, 0.5) is 9.18 Å². The fraction of sp³-hybridized carbons (Fsp3) is 0.652. The Balaban J connectivity index is 1.57. The Morgan fingerprint density at radius 1 is 1.16 bits per heavy atom. The highest BCUT2D eigenvalue weighted by Gasteiger charge is 2.20. The van der Waals surface area contributed by atoms with Gasteiger partial charge in [-0.15, -0.1) is 0 Å². The lowest BCUT2D eigenvalue weighted by Gasteiger charge is -2.32. The molecule has 1 aliphatic heterocycles. The Labute approximate surface area is 185 Å². The number of halogens is 1. The van der Waals surface area contributed by atoms with E-state index in [1.807, 2.05) is 32.9 Å². The molecule has 3 N–H and O–H groups in total. The number of guanidine groups is 1. The van der Waals surface area contributed by atoms with Crippen molar-refractivity contribution in [2.45, 2.75) is 52.2 Å². The molecule has 1 aromatic rings. The van der Waals surface area contributed by atoms with Crippen LogP contribution in [0.1, 0.15) is 45.6 Å². The number of carbonyl (C=O) groups excluding carboxylic acids is 1. The second-order valence-electron chi connectivity index (χ2n) is 8.97. The van der Waals surface area contributed by atoms with Crippen molar-refractivity contribution in [2.24, 2.45) is 10.9 Å². The maximum absolute atomic E-state index is 13.8. The van der Waals surface area contributed by atoms with Gasteiger partial charge in [-0.25, -0.2) is 9.18 Å². The highest BCUT2D eigenvalue weighted by atomic mass is 19.1. The highest BCUT2D eigenvalue weighted by Crippen LogP contribution is 2.19. The summed E-state index contributed by atoms with van der Waals surface area (Å²) in [5.74, 6) is 1.22. The van der Waals surface area contributed by atoms with Crippen LogP contribution in [0.2, 0.25) is 0 Å². The van der Waals surface area contributed by atoms with Crippen LogP contribution in [0.3, 0.4) is 0 Å². The minimum atomic E-state index is -0.484. The van der Waals surface area contributed by atoms with Crippen LogP contribution in [-0.2, 0) is 11.3 Å². The third kappa shape index (κ3) is 10.0. The quantitative estimate of drug-likeness (QED) is 0.332. The number of rotatable bonds is 8. The predicted octanol–water partition coefficient (Wildman–Crippen LogP) is 3.12. The van der Waals surface area contributed by atoms with Gasteiger partial charge in [0.05, 0.1) is 0 Å². The largest absolute Gasteiger partial charge is 0.444 e. The number of hydrogen-bond donors (Lipinski definition) is 3. The van der Waals surface area contributed by atoms with Crippen LogP contribution >= 0.6 is 0 Å². The first-order valence-electron chi connectivity index (χ1n) is 11.1. The van der Waals surface area contributed by atoms with Gasteiger partial charge in [0, 0.05) is 38.8 Å². The number of benzene rings is 1. The molecular weight excluding hydrogens is 397 g/mol. The first-order valence-corrected chi connectivity index (χ1v) is 11.1. The van der Waals surface area contributed by atoms with Gasteiger partial charge in [0.15, 0.2) is 5.96 Å². The number of alkyl carbamates (subject to hydrolysis) is 1. The maximum atomic E-state index is 13.8. The van der Waals surface area contributed by atoms with Crippen molar-refractivity contribution in [3.05, 3.63) is 35.6 Å². The molecule has 0 spiro atoms. The molecule has 0 aliphatic carbocycles. The summed E-state index contributed by atoms with van der Waals surface area (Å²) in [5, 5.41) is 9.42. The van der Waals surface area contributed by atoms with E-state index in [0.29, 0.717) is 25.6 Å². The molecule has 1 heterocycles. The van der Waals surface area contributed by atoms with E-state index in [0.717, 1.165) is 50.4 Å². The number of aliphatic imine (C=N–C) groups is 1. The number of ether oxygens (including phenoxy) is 1. The van der Waals surface area contributed by atoms with Crippen molar-refractivity contribution < 1.29 is 13.9 Å². The molecule has 0 unspecified atom stereocenters. The average molecular weight is 436 g/mol. The summed E-state index contributed by atoms with van der Waals surface area (Å²) in [6.45, 7) is 10.3. The zero-order valence-corrected chi connectivity index (χ0v) is 19.3. The number of carbonyl (C=O) groups is 1. The normalized spacial score (nSPS) is 16.1. The molecule has 0 aromatic heterocycles. The zero-order chi connectivity index (χ0) is 22.7. The molecule has 1 aromatic carbocycles. The molecule has 0 radical (unpaired) electrons. The smallest absolute Gasteiger partial charge is 0.407 e. The van der Waals surface area contributed by atoms with Gasteiger partial charge in [-0.2, -0.15) is 0 Å². The Morgan fingerprint density at radius 2 is 1.84 bits per heavy atom. The Bertz CT molecular complexity index is 712. The molecule has 2 rings (SSSR count). The lowest BCUT2D eigenvalue weighted by atomic mass is 9.96. The van der Waals surface area contributed by atoms with Gasteiger partial charge >= 0.3 is 6.09 Å². The summed E-state index contributed by atoms with van der Waals surface area (Å²) < 4.78 is 19.1. The van der Waals surface area contributed by atoms with Gasteiger partial charge in [-0.05, 0) is 65.1 Å². The predicted molar refractivity (Wildman–Crippen MR) is 123 cm³/mol. The summed E-state index contributed by atoms with van der Waals surface area (Å²) >= 11 is 0. The van der Waals surface area contributed by atoms with Crippen LogP contribution in [0.15, 0.2) is 29.3 Å². The lowest BCUT2D eigenvalue weighted by Crippen LogP contribution is -2.43. The van der Waals surface area contributed by atoms with Crippen molar-refractivity contribution in [1.82, 2.24) is 20.9 Å². The van der Waals surface area contributed by atoms with E-state index in [4.69, 9.17) is 4.74 Å². The zero-order valence-electron chi connectivity index (χ0n) is 19.3. The topological polar surface area (TPSA) is 78.0 Å². The van der Waals surface area contributed by atoms with Crippen LogP contribution in [0, 0.1) is 11.7 Å². The van der Waals surface area contributed by atoms with Crippen molar-refractivity contribution in [1.29, 1.82) is 0 Å². The third-order valence-corrected chi connectivity index (χ3v) is 5.15. The van der Waals surface area contributed by atoms with E-state index in [9.17, 15) is 9.18 Å². The standard InChI is InChI=1S/C23H38FN5O2/c1-23(2,3)31-22(30)27-13-7-12-26-21(25-4)28-16-18-10-14-29(15-11-18)17-19-8-5-6-9-20(19)24/h5-6,8-9,18H,7,10-17H2,1-4H3,(H,27,30)(H2,25,26,28). The molecule has 0 atom stereocenters. The second kappa shape index (κ2) is 12.5. The van der Waals surface area contributed by atoms with Crippen LogP contribution in [-0.4, -0.2) is 62.3 Å². The minimum Gasteiger partial charge on any atom is -0.444 e. The monoisotopic (exact) mass is 435 g/mol. The van der Waals surface area contributed by atoms with E-state index < -0.39 is 11.7 Å². The van der Waals surface area contributed by atoms with Gasteiger partial charge in [0.1, 0.15) is 11.4 Å². The molecule has 8 heteroatoms. The number of nitrogens with one attached hydrogen (secondary N) is 3. The summed E-state index contributed by atoms with van der Waals surface area (Å²) in [5.41, 5.74) is 0.284. The van der Waals surface area contributed by atoms with E-state index in [2.05, 4.69) is 25.8 Å². The van der Waals surface area contributed by atoms with E-state index >= 15 is 0 Å². The molecule has 7 nitrogen and oxygen atoms in total. The Kier molecular flexibility index (Phi) is 10.0. The van der Waals surface area contributed by atoms with Gasteiger partial charge in [-0.1, -0.05) is 18.2 Å². The summed E-state index contributed by atoms with van der Waals surface area (Å²) in [6.07, 6.45) is 2.54. The first kappa shape index (κ1) is 24.9. The number of nitrogens with zero attached hydrogens (tertiary/aromatic N) is 2. The van der Waals surface area contributed by atoms with Gasteiger partial charge in [0.2, 0.25) is 0 Å². The number of likely N-dealkylation sites (tertiary alicyclic amines) is 1. The van der Waals surface area contributed by atoms with Crippen molar-refractivity contribution in [2.75, 3.05) is 39.8 Å². The van der Waals surface area contributed by atoms with Crippen molar-refractivity contribution in [3.8, 4) is 0 Å². The Hall–Kier alpha value is -2.35. The highest BCUT2D eigenvalue weighted by molar-refractivity contribution is 5.79. The molecule has 0 saturated carbocycles. The number of piperidine rings is 1. The minimum absolute atomic E-state index is 0.123. The fourth-order valence-electron chi connectivity index (χ4n) is 3.48. The molecule has 31 heavy (non-hydrogen) atoms. The van der Waals surface area contributed by atoms with Crippen molar-refractivity contribution >= 4 is 12.1 Å². The fourth-order valence-corrected chi connectivity index (χ4v) is 3.48. The van der Waals surface area contributed by atoms with Crippen LogP contribution in [0.25, 0.3) is 0 Å². The average Bonchev–Trinajstić information content (AvgIpc) is 2.71. The summed E-state index contributed by atoms with van der Waals surface area (Å²) in [6, 6.07) is 7.01. The first-order chi connectivity index (χ1) is 14.8. The SMILES string of the molecule is CN=C(NCCCNC(=O)OC(C)(C)C)NCC1CCN(Cc2ccccc2F)CC1. The van der Waals surface area contributed by atoms with Gasteiger partial charge in [0.25, 0.3) is 0 Å². The summed E-state index contributed by atoms with van der Waals surface area (Å²) in [4.78, 5) is 18.2. The molecule has 1 fully saturated rings. The number of amides is 1. The second-order valence-corrected chi connectivity index (χ2v) is 8.97. The van der Waals surface area contributed by atoms with E-state index in [1.54, 1.807) is 13.1 Å². The molecule has 174 valence electrons. The van der Waals surface area contributed by atoms with Gasteiger partial charge in [-0.3, -0.25) is 9.89 Å². The van der Waals surface area contributed by atoms with Crippen LogP contribution < -0.4 is 16.0 Å². The lowest BCUT2D eigenvalue weighted by molar-refractivity contribution is 0.0527. The van der Waals surface area contributed by atoms with E-state index in [-0.39, 0.29) is 5.82 Å². The van der Waals surface area contributed by atoms with Crippen LogP contribution in [0.5, 0.6) is 0 Å². The molecule has 0 bridgehead atoms.